The molecule has 0 radical (unpaired) electrons. The topological polar surface area (TPSA) is 79.9 Å². The number of nitrogens with one attached hydrogen (secondary N) is 1. The van der Waals surface area contributed by atoms with Gasteiger partial charge < -0.3 is 4.42 Å². The third-order valence-corrected chi connectivity index (χ3v) is 6.16. The van der Waals surface area contributed by atoms with E-state index in [-0.39, 0.29) is 5.91 Å². The van der Waals surface area contributed by atoms with Crippen molar-refractivity contribution in [3.8, 4) is 10.8 Å². The van der Waals surface area contributed by atoms with Crippen LogP contribution in [0, 0.1) is 0 Å². The van der Waals surface area contributed by atoms with Gasteiger partial charge in [-0.15, -0.1) is 16.4 Å². The highest BCUT2D eigenvalue weighted by molar-refractivity contribution is 8.18. The second kappa shape index (κ2) is 8.10. The van der Waals surface area contributed by atoms with E-state index in [1.54, 1.807) is 23.6 Å². The predicted molar refractivity (Wildman–Crippen MR) is 123 cm³/mol. The van der Waals surface area contributed by atoms with Crippen LogP contribution in [-0.2, 0) is 4.79 Å². The molecule has 0 spiro atoms. The number of aromatic nitrogens is 1. The zero-order chi connectivity index (χ0) is 20.3. The third kappa shape index (κ3) is 3.96. The zero-order valence-corrected chi connectivity index (χ0v) is 17.1. The number of benzene rings is 2. The highest BCUT2D eigenvalue weighted by Crippen LogP contribution is 2.32. The smallest absolute Gasteiger partial charge is 0.264 e. The Balaban J connectivity index is 1.32. The molecule has 0 saturated carbocycles. The van der Waals surface area contributed by atoms with Crippen molar-refractivity contribution in [3.63, 3.8) is 0 Å². The number of carbonyl (C=O) groups excluding carboxylic acids is 1. The van der Waals surface area contributed by atoms with Crippen molar-refractivity contribution in [2.75, 3.05) is 0 Å². The Hall–Kier alpha value is -3.49. The number of furan rings is 1. The molecule has 1 fully saturated rings. The van der Waals surface area contributed by atoms with Crippen LogP contribution in [0.2, 0.25) is 0 Å². The fraction of sp³-hybridized carbons (Fsp3) is 0. The van der Waals surface area contributed by atoms with Crippen LogP contribution in [0.15, 0.2) is 86.3 Å². The standard InChI is InChI=1S/C22H14N4O2S2/c27-20-19(30-22(25-20)26-23-13-14-6-2-1-3-7-14)12-15-10-11-17(28-15)21-24-16-8-4-5-9-18(16)29-21/h1-13H,(H,25,26,27)/b19-12+,23-13+. The van der Waals surface area contributed by atoms with Gasteiger partial charge in [0, 0.05) is 6.08 Å². The van der Waals surface area contributed by atoms with E-state index >= 15 is 0 Å². The minimum absolute atomic E-state index is 0.230. The first-order valence-corrected chi connectivity index (χ1v) is 10.7. The Bertz CT molecular complexity index is 1290. The fourth-order valence-electron chi connectivity index (χ4n) is 2.81. The third-order valence-electron chi connectivity index (χ3n) is 4.21. The zero-order valence-electron chi connectivity index (χ0n) is 15.5. The summed E-state index contributed by atoms with van der Waals surface area (Å²) >= 11 is 2.79. The summed E-state index contributed by atoms with van der Waals surface area (Å²) in [4.78, 5) is 17.3. The summed E-state index contributed by atoms with van der Waals surface area (Å²) in [7, 11) is 0. The largest absolute Gasteiger partial charge is 0.454 e. The predicted octanol–water partition coefficient (Wildman–Crippen LogP) is 5.15. The van der Waals surface area contributed by atoms with Gasteiger partial charge in [0.1, 0.15) is 5.76 Å². The van der Waals surface area contributed by atoms with Gasteiger partial charge in [0.15, 0.2) is 15.9 Å². The summed E-state index contributed by atoms with van der Waals surface area (Å²) in [6.07, 6.45) is 3.33. The molecule has 1 N–H and O–H groups in total. The Morgan fingerprint density at radius 3 is 2.70 bits per heavy atom. The number of carbonyl (C=O) groups is 1. The van der Waals surface area contributed by atoms with Crippen LogP contribution in [0.1, 0.15) is 11.3 Å². The van der Waals surface area contributed by atoms with Gasteiger partial charge in [0.2, 0.25) is 0 Å². The highest BCUT2D eigenvalue weighted by atomic mass is 32.2. The van der Waals surface area contributed by atoms with Gasteiger partial charge in [-0.3, -0.25) is 10.1 Å². The summed E-state index contributed by atoms with van der Waals surface area (Å²) in [5, 5.41) is 12.1. The molecular weight excluding hydrogens is 416 g/mol. The van der Waals surface area contributed by atoms with Crippen LogP contribution >= 0.6 is 23.1 Å². The minimum atomic E-state index is -0.230. The van der Waals surface area contributed by atoms with E-state index in [4.69, 9.17) is 4.42 Å². The summed E-state index contributed by atoms with van der Waals surface area (Å²) in [5.74, 6) is 1.02. The lowest BCUT2D eigenvalue weighted by atomic mass is 10.2. The average Bonchev–Trinajstić information content (AvgIpc) is 3.48. The maximum atomic E-state index is 12.2. The van der Waals surface area contributed by atoms with Gasteiger partial charge in [-0.1, -0.05) is 42.5 Å². The monoisotopic (exact) mass is 430 g/mol. The van der Waals surface area contributed by atoms with Crippen LogP contribution in [-0.4, -0.2) is 22.3 Å². The second-order valence-electron chi connectivity index (χ2n) is 6.31. The first-order chi connectivity index (χ1) is 14.7. The molecule has 5 rings (SSSR count). The van der Waals surface area contributed by atoms with Crippen molar-refractivity contribution in [3.05, 3.63) is 83.0 Å². The van der Waals surface area contributed by atoms with Crippen LogP contribution < -0.4 is 5.32 Å². The summed E-state index contributed by atoms with van der Waals surface area (Å²) in [5.41, 5.74) is 1.88. The summed E-state index contributed by atoms with van der Waals surface area (Å²) < 4.78 is 7.00. The normalized spacial score (nSPS) is 16.9. The first-order valence-electron chi connectivity index (χ1n) is 9.07. The van der Waals surface area contributed by atoms with Gasteiger partial charge in [-0.2, -0.15) is 5.10 Å². The van der Waals surface area contributed by atoms with Crippen LogP contribution in [0.25, 0.3) is 27.1 Å². The summed E-state index contributed by atoms with van der Waals surface area (Å²) in [6.45, 7) is 0. The molecule has 1 amide bonds. The lowest BCUT2D eigenvalue weighted by molar-refractivity contribution is -0.115. The van der Waals surface area contributed by atoms with Crippen molar-refractivity contribution in [2.45, 2.75) is 0 Å². The number of amides is 1. The highest BCUT2D eigenvalue weighted by Gasteiger charge is 2.24. The van der Waals surface area contributed by atoms with E-state index in [9.17, 15) is 4.79 Å². The number of nitrogens with zero attached hydrogens (tertiary/aromatic N) is 3. The van der Waals surface area contributed by atoms with Gasteiger partial charge in [-0.25, -0.2) is 4.98 Å². The molecule has 0 aliphatic carbocycles. The molecule has 6 nitrogen and oxygen atoms in total. The minimum Gasteiger partial charge on any atom is -0.454 e. The molecule has 2 aromatic carbocycles. The van der Waals surface area contributed by atoms with E-state index in [0.717, 1.165) is 20.8 Å². The van der Waals surface area contributed by atoms with E-state index in [0.29, 0.717) is 21.6 Å². The molecule has 4 aromatic rings. The first kappa shape index (κ1) is 18.5. The Kier molecular flexibility index (Phi) is 5.00. The number of amidine groups is 1. The molecule has 8 heteroatoms. The molecule has 146 valence electrons. The number of hydrogen-bond acceptors (Lipinski definition) is 7. The van der Waals surface area contributed by atoms with Crippen LogP contribution in [0.4, 0.5) is 0 Å². The lowest BCUT2D eigenvalue weighted by Gasteiger charge is -1.91. The molecular formula is C22H14N4O2S2. The Morgan fingerprint density at radius 2 is 1.83 bits per heavy atom. The number of rotatable bonds is 4. The van der Waals surface area contributed by atoms with Crippen molar-refractivity contribution < 1.29 is 9.21 Å². The second-order valence-corrected chi connectivity index (χ2v) is 8.38. The molecule has 1 aliphatic heterocycles. The molecule has 0 unspecified atom stereocenters. The maximum absolute atomic E-state index is 12.2. The molecule has 3 heterocycles. The van der Waals surface area contributed by atoms with E-state index in [1.807, 2.05) is 66.7 Å². The number of para-hydroxylation sites is 1. The van der Waals surface area contributed by atoms with Crippen LogP contribution in [0.5, 0.6) is 0 Å². The number of thiazole rings is 1. The van der Waals surface area contributed by atoms with Gasteiger partial charge in [0.05, 0.1) is 21.3 Å². The molecule has 30 heavy (non-hydrogen) atoms. The van der Waals surface area contributed by atoms with Crippen molar-refractivity contribution in [1.29, 1.82) is 0 Å². The lowest BCUT2D eigenvalue weighted by Crippen LogP contribution is -2.19. The SMILES string of the molecule is O=C1N/C(=N\N=C\c2ccccc2)S/C1=C/c1ccc(-c2nc3ccccc3s2)o1. The molecule has 1 aliphatic rings. The molecule has 2 aromatic heterocycles. The van der Waals surface area contributed by atoms with Crippen molar-refractivity contribution in [2.24, 2.45) is 10.2 Å². The maximum Gasteiger partial charge on any atom is 0.264 e. The van der Waals surface area contributed by atoms with Crippen molar-refractivity contribution >= 4 is 56.7 Å². The Morgan fingerprint density at radius 1 is 1.00 bits per heavy atom. The number of thioether (sulfide) groups is 1. The quantitative estimate of drug-likeness (QED) is 0.276. The van der Waals surface area contributed by atoms with Gasteiger partial charge >= 0.3 is 0 Å². The molecule has 1 saturated heterocycles. The molecule has 0 bridgehead atoms. The van der Waals surface area contributed by atoms with E-state index < -0.39 is 0 Å². The van der Waals surface area contributed by atoms with Gasteiger partial charge in [0.25, 0.3) is 5.91 Å². The number of hydrogen-bond donors (Lipinski definition) is 1. The molecule has 0 atom stereocenters. The van der Waals surface area contributed by atoms with Crippen molar-refractivity contribution in [1.82, 2.24) is 10.3 Å². The fourth-order valence-corrected chi connectivity index (χ4v) is 4.50. The van der Waals surface area contributed by atoms with Crippen LogP contribution in [0.3, 0.4) is 0 Å². The summed E-state index contributed by atoms with van der Waals surface area (Å²) in [6, 6.07) is 21.3. The van der Waals surface area contributed by atoms with E-state index in [1.165, 1.54) is 11.8 Å². The van der Waals surface area contributed by atoms with Gasteiger partial charge in [-0.05, 0) is 41.6 Å². The van der Waals surface area contributed by atoms with E-state index in [2.05, 4.69) is 20.5 Å². The number of fused-ring (bicyclic) bond motifs is 1. The Labute approximate surface area is 180 Å². The average molecular weight is 431 g/mol.